The van der Waals surface area contributed by atoms with E-state index in [0.29, 0.717) is 10.0 Å². The van der Waals surface area contributed by atoms with Crippen LogP contribution in [0.1, 0.15) is 22.7 Å². The van der Waals surface area contributed by atoms with Gasteiger partial charge in [-0.1, -0.05) is 29.3 Å². The van der Waals surface area contributed by atoms with Gasteiger partial charge in [0.25, 0.3) is 0 Å². The molecule has 2 aromatic carbocycles. The highest BCUT2D eigenvalue weighted by atomic mass is 35.5. The first-order chi connectivity index (χ1) is 9.58. The monoisotopic (exact) mass is 345 g/mol. The molecule has 1 unspecified atom stereocenters. The van der Waals surface area contributed by atoms with Crippen molar-refractivity contribution in [2.24, 2.45) is 0 Å². The molecule has 2 aromatic rings. The van der Waals surface area contributed by atoms with Gasteiger partial charge in [0.1, 0.15) is 0 Å². The molecule has 3 nitrogen and oxygen atoms in total. The molecule has 1 aliphatic heterocycles. The molecule has 21 heavy (non-hydrogen) atoms. The highest BCUT2D eigenvalue weighted by molar-refractivity contribution is 6.36. The Balaban J connectivity index is 0.00000161. The minimum absolute atomic E-state index is 0. The summed E-state index contributed by atoms with van der Waals surface area (Å²) in [7, 11) is 0. The molecular weight excluding hydrogens is 333 g/mol. The van der Waals surface area contributed by atoms with Gasteiger partial charge in [-0.2, -0.15) is 0 Å². The topological polar surface area (TPSA) is 52.5 Å². The zero-order valence-corrected chi connectivity index (χ0v) is 13.3. The van der Waals surface area contributed by atoms with Gasteiger partial charge >= 0.3 is 0 Å². The summed E-state index contributed by atoms with van der Waals surface area (Å²) in [6.45, 7) is 0.753. The Kier molecular flexibility index (Phi) is 4.89. The van der Waals surface area contributed by atoms with E-state index in [-0.39, 0.29) is 29.9 Å². The largest absolute Gasteiger partial charge is 0.504 e. The van der Waals surface area contributed by atoms with Crippen LogP contribution in [0.5, 0.6) is 11.5 Å². The Labute approximate surface area is 138 Å². The lowest BCUT2D eigenvalue weighted by molar-refractivity contribution is 0.400. The molecule has 3 N–H and O–H groups in total. The predicted molar refractivity (Wildman–Crippen MR) is 87.0 cm³/mol. The van der Waals surface area contributed by atoms with Crippen molar-refractivity contribution < 1.29 is 10.2 Å². The van der Waals surface area contributed by atoms with E-state index in [1.165, 1.54) is 0 Å². The van der Waals surface area contributed by atoms with Crippen molar-refractivity contribution in [2.75, 3.05) is 6.54 Å². The Morgan fingerprint density at radius 2 is 1.67 bits per heavy atom. The summed E-state index contributed by atoms with van der Waals surface area (Å²) >= 11 is 12.5. The van der Waals surface area contributed by atoms with Crippen molar-refractivity contribution in [1.29, 1.82) is 0 Å². The summed E-state index contributed by atoms with van der Waals surface area (Å²) in [5.74, 6) is -0.240. The lowest BCUT2D eigenvalue weighted by atomic mass is 9.89. The van der Waals surface area contributed by atoms with Crippen molar-refractivity contribution in [2.45, 2.75) is 12.5 Å². The fourth-order valence-electron chi connectivity index (χ4n) is 2.63. The number of rotatable bonds is 1. The molecule has 0 radical (unpaired) electrons. The number of nitrogens with one attached hydrogen (secondary N) is 1. The molecule has 1 heterocycles. The maximum atomic E-state index is 9.73. The van der Waals surface area contributed by atoms with Gasteiger partial charge in [0.15, 0.2) is 11.5 Å². The molecule has 0 fully saturated rings. The number of halogens is 3. The van der Waals surface area contributed by atoms with Crippen LogP contribution in [0.25, 0.3) is 0 Å². The minimum Gasteiger partial charge on any atom is -0.504 e. The van der Waals surface area contributed by atoms with E-state index in [0.717, 1.165) is 29.7 Å². The van der Waals surface area contributed by atoms with Crippen LogP contribution in [-0.4, -0.2) is 16.8 Å². The predicted octanol–water partition coefficient (Wildman–Crippen LogP) is 4.06. The van der Waals surface area contributed by atoms with Crippen molar-refractivity contribution in [3.8, 4) is 11.5 Å². The maximum absolute atomic E-state index is 9.73. The van der Waals surface area contributed by atoms with Gasteiger partial charge in [-0.05, 0) is 41.8 Å². The standard InChI is InChI=1S/C15H13Cl2NO2.ClH/c16-10-2-1-3-11(17)14(10)15-9-7-13(20)12(19)6-8(9)4-5-18-15;/h1-3,6-7,15,18-20H,4-5H2;1H. The van der Waals surface area contributed by atoms with Crippen LogP contribution in [0, 0.1) is 0 Å². The molecule has 0 saturated carbocycles. The summed E-state index contributed by atoms with van der Waals surface area (Å²) in [6, 6.07) is 8.36. The summed E-state index contributed by atoms with van der Waals surface area (Å²) in [4.78, 5) is 0. The van der Waals surface area contributed by atoms with E-state index < -0.39 is 0 Å². The molecule has 0 aromatic heterocycles. The second kappa shape index (κ2) is 6.32. The van der Waals surface area contributed by atoms with Crippen molar-refractivity contribution in [3.05, 3.63) is 57.1 Å². The fraction of sp³-hybridized carbons (Fsp3) is 0.200. The van der Waals surface area contributed by atoms with Gasteiger partial charge in [-0.25, -0.2) is 0 Å². The molecular formula is C15H14Cl3NO2. The van der Waals surface area contributed by atoms with Crippen molar-refractivity contribution in [3.63, 3.8) is 0 Å². The molecule has 0 saturated heterocycles. The van der Waals surface area contributed by atoms with Gasteiger partial charge in [0, 0.05) is 22.2 Å². The SMILES string of the molecule is Cl.Oc1cc2c(cc1O)C(c1c(Cl)cccc1Cl)NCC2. The first-order valence-electron chi connectivity index (χ1n) is 6.30. The number of hydrogen-bond donors (Lipinski definition) is 3. The average molecular weight is 347 g/mol. The number of hydrogen-bond acceptors (Lipinski definition) is 3. The van der Waals surface area contributed by atoms with Gasteiger partial charge in [0.2, 0.25) is 0 Å². The van der Waals surface area contributed by atoms with Gasteiger partial charge < -0.3 is 15.5 Å². The molecule has 0 bridgehead atoms. The van der Waals surface area contributed by atoms with Crippen LogP contribution in [0.3, 0.4) is 0 Å². The zero-order valence-electron chi connectivity index (χ0n) is 10.9. The molecule has 112 valence electrons. The lowest BCUT2D eigenvalue weighted by Crippen LogP contribution is -2.30. The van der Waals surface area contributed by atoms with Gasteiger partial charge in [0.05, 0.1) is 6.04 Å². The quantitative estimate of drug-likeness (QED) is 0.683. The Hall–Kier alpha value is -1.13. The third-order valence-electron chi connectivity index (χ3n) is 3.58. The summed E-state index contributed by atoms with van der Waals surface area (Å²) in [5, 5.41) is 23.9. The Morgan fingerprint density at radius 3 is 2.33 bits per heavy atom. The Bertz CT molecular complexity index is 656. The van der Waals surface area contributed by atoms with Crippen LogP contribution in [-0.2, 0) is 6.42 Å². The number of fused-ring (bicyclic) bond motifs is 1. The fourth-order valence-corrected chi connectivity index (χ4v) is 3.24. The van der Waals surface area contributed by atoms with Crippen molar-refractivity contribution in [1.82, 2.24) is 5.32 Å². The van der Waals surface area contributed by atoms with Crippen LogP contribution < -0.4 is 5.32 Å². The first kappa shape index (κ1) is 16.2. The average Bonchev–Trinajstić information content (AvgIpc) is 2.40. The van der Waals surface area contributed by atoms with Crippen LogP contribution in [0.2, 0.25) is 10.0 Å². The summed E-state index contributed by atoms with van der Waals surface area (Å²) in [6.07, 6.45) is 0.780. The zero-order chi connectivity index (χ0) is 14.3. The van der Waals surface area contributed by atoms with E-state index in [1.807, 2.05) is 0 Å². The van der Waals surface area contributed by atoms with Crippen LogP contribution in [0.15, 0.2) is 30.3 Å². The Morgan fingerprint density at radius 1 is 1.05 bits per heavy atom. The maximum Gasteiger partial charge on any atom is 0.157 e. The van der Waals surface area contributed by atoms with Crippen molar-refractivity contribution >= 4 is 35.6 Å². The number of benzene rings is 2. The highest BCUT2D eigenvalue weighted by Crippen LogP contribution is 2.40. The smallest absolute Gasteiger partial charge is 0.157 e. The second-order valence-electron chi connectivity index (χ2n) is 4.81. The van der Waals surface area contributed by atoms with E-state index in [2.05, 4.69) is 5.32 Å². The molecule has 6 heteroatoms. The van der Waals surface area contributed by atoms with E-state index in [1.54, 1.807) is 30.3 Å². The van der Waals surface area contributed by atoms with Gasteiger partial charge in [-0.15, -0.1) is 12.4 Å². The lowest BCUT2D eigenvalue weighted by Gasteiger charge is -2.29. The molecule has 1 aliphatic rings. The van der Waals surface area contributed by atoms with Crippen LogP contribution >= 0.6 is 35.6 Å². The number of aromatic hydroxyl groups is 2. The van der Waals surface area contributed by atoms with Crippen LogP contribution in [0.4, 0.5) is 0 Å². The third kappa shape index (κ3) is 2.92. The number of phenols is 2. The van der Waals surface area contributed by atoms with Gasteiger partial charge in [-0.3, -0.25) is 0 Å². The third-order valence-corrected chi connectivity index (χ3v) is 4.24. The summed E-state index contributed by atoms with van der Waals surface area (Å²) in [5.41, 5.74) is 2.67. The molecule has 0 spiro atoms. The summed E-state index contributed by atoms with van der Waals surface area (Å²) < 4.78 is 0. The van der Waals surface area contributed by atoms with E-state index in [9.17, 15) is 10.2 Å². The molecule has 3 rings (SSSR count). The normalized spacial score (nSPS) is 17.0. The highest BCUT2D eigenvalue weighted by Gasteiger charge is 2.26. The molecule has 0 aliphatic carbocycles. The van der Waals surface area contributed by atoms with E-state index in [4.69, 9.17) is 23.2 Å². The molecule has 0 amide bonds. The number of phenolic OH excluding ortho intramolecular Hbond substituents is 2. The minimum atomic E-state index is -0.188. The molecule has 1 atom stereocenters. The second-order valence-corrected chi connectivity index (χ2v) is 5.63. The van der Waals surface area contributed by atoms with E-state index >= 15 is 0 Å². The first-order valence-corrected chi connectivity index (χ1v) is 7.05.